The summed E-state index contributed by atoms with van der Waals surface area (Å²) in [4.78, 5) is 4.93. The Morgan fingerprint density at radius 3 is 1.47 bits per heavy atom. The van der Waals surface area contributed by atoms with Crippen LogP contribution in [0.4, 0.5) is 0 Å². The van der Waals surface area contributed by atoms with E-state index in [1.807, 2.05) is 24.3 Å². The van der Waals surface area contributed by atoms with Gasteiger partial charge in [0, 0.05) is 26.2 Å². The molecular formula is C15H24N2. The van der Waals surface area contributed by atoms with Gasteiger partial charge in [-0.25, -0.2) is 0 Å². The highest BCUT2D eigenvalue weighted by molar-refractivity contribution is 5.06. The molecule has 1 aliphatic rings. The van der Waals surface area contributed by atoms with Crippen molar-refractivity contribution >= 4 is 0 Å². The first-order chi connectivity index (χ1) is 8.25. The molecule has 0 atom stereocenters. The molecule has 0 aromatic rings. The Labute approximate surface area is 106 Å². The standard InChI is InChI=1S/C15H24N2/c1-5-9-15(10-6-2)16(11-7-3)13-14-17(15)12-8-4/h5-8H,1-4,9-14H2. The lowest BCUT2D eigenvalue weighted by Crippen LogP contribution is -2.53. The number of hydrogen-bond acceptors (Lipinski definition) is 2. The summed E-state index contributed by atoms with van der Waals surface area (Å²) < 4.78 is 0. The zero-order chi connectivity index (χ0) is 12.7. The van der Waals surface area contributed by atoms with Crippen LogP contribution in [0.2, 0.25) is 0 Å². The lowest BCUT2D eigenvalue weighted by Gasteiger charge is -2.42. The predicted octanol–water partition coefficient (Wildman–Crippen LogP) is 2.82. The fourth-order valence-electron chi connectivity index (χ4n) is 2.75. The van der Waals surface area contributed by atoms with Crippen molar-refractivity contribution in [3.63, 3.8) is 0 Å². The molecule has 0 aromatic heterocycles. The molecule has 0 aromatic carbocycles. The predicted molar refractivity (Wildman–Crippen MR) is 75.9 cm³/mol. The molecule has 94 valence electrons. The zero-order valence-corrected chi connectivity index (χ0v) is 10.8. The van der Waals surface area contributed by atoms with Crippen molar-refractivity contribution in [2.45, 2.75) is 18.5 Å². The molecule has 0 bridgehead atoms. The molecule has 17 heavy (non-hydrogen) atoms. The van der Waals surface area contributed by atoms with E-state index >= 15 is 0 Å². The van der Waals surface area contributed by atoms with Gasteiger partial charge in [0.25, 0.3) is 0 Å². The first-order valence-electron chi connectivity index (χ1n) is 6.19. The van der Waals surface area contributed by atoms with E-state index in [9.17, 15) is 0 Å². The summed E-state index contributed by atoms with van der Waals surface area (Å²) >= 11 is 0. The van der Waals surface area contributed by atoms with E-state index in [4.69, 9.17) is 0 Å². The van der Waals surface area contributed by atoms with E-state index in [2.05, 4.69) is 36.1 Å². The molecule has 0 N–H and O–H groups in total. The quantitative estimate of drug-likeness (QED) is 0.594. The van der Waals surface area contributed by atoms with Gasteiger partial charge in [0.1, 0.15) is 0 Å². The van der Waals surface area contributed by atoms with Gasteiger partial charge in [0.2, 0.25) is 0 Å². The molecule has 1 rings (SSSR count). The monoisotopic (exact) mass is 232 g/mol. The van der Waals surface area contributed by atoms with E-state index in [-0.39, 0.29) is 5.66 Å². The smallest absolute Gasteiger partial charge is 0.0814 e. The lowest BCUT2D eigenvalue weighted by molar-refractivity contribution is 0.0335. The van der Waals surface area contributed by atoms with Gasteiger partial charge in [-0.2, -0.15) is 0 Å². The van der Waals surface area contributed by atoms with Gasteiger partial charge in [-0.15, -0.1) is 26.3 Å². The number of nitrogens with zero attached hydrogens (tertiary/aromatic N) is 2. The molecule has 0 saturated carbocycles. The highest BCUT2D eigenvalue weighted by atomic mass is 15.5. The van der Waals surface area contributed by atoms with Crippen molar-refractivity contribution < 1.29 is 0 Å². The van der Waals surface area contributed by atoms with Crippen LogP contribution in [0.5, 0.6) is 0 Å². The molecule has 0 aliphatic carbocycles. The van der Waals surface area contributed by atoms with Crippen molar-refractivity contribution in [2.75, 3.05) is 26.2 Å². The van der Waals surface area contributed by atoms with Gasteiger partial charge in [-0.3, -0.25) is 9.80 Å². The van der Waals surface area contributed by atoms with Gasteiger partial charge in [-0.05, 0) is 12.8 Å². The molecule has 1 aliphatic heterocycles. The van der Waals surface area contributed by atoms with E-state index in [1.54, 1.807) is 0 Å². The van der Waals surface area contributed by atoms with E-state index in [0.29, 0.717) is 0 Å². The second kappa shape index (κ2) is 6.58. The van der Waals surface area contributed by atoms with Gasteiger partial charge in [-0.1, -0.05) is 24.3 Å². The minimum absolute atomic E-state index is 0.0197. The zero-order valence-electron chi connectivity index (χ0n) is 10.8. The Morgan fingerprint density at radius 1 is 0.765 bits per heavy atom. The minimum atomic E-state index is 0.0197. The largest absolute Gasteiger partial charge is 0.280 e. The van der Waals surface area contributed by atoms with Crippen molar-refractivity contribution in [3.8, 4) is 0 Å². The average molecular weight is 232 g/mol. The maximum absolute atomic E-state index is 3.90. The SMILES string of the molecule is C=CCN1CCN(CC=C)C1(CC=C)CC=C. The van der Waals surface area contributed by atoms with E-state index in [1.165, 1.54) is 0 Å². The van der Waals surface area contributed by atoms with Crippen LogP contribution in [-0.2, 0) is 0 Å². The summed E-state index contributed by atoms with van der Waals surface area (Å²) in [6.07, 6.45) is 9.83. The van der Waals surface area contributed by atoms with Gasteiger partial charge in [0.05, 0.1) is 5.66 Å². The molecule has 0 spiro atoms. The van der Waals surface area contributed by atoms with Crippen LogP contribution in [0.15, 0.2) is 50.6 Å². The van der Waals surface area contributed by atoms with Gasteiger partial charge in [0.15, 0.2) is 0 Å². The molecule has 1 saturated heterocycles. The van der Waals surface area contributed by atoms with E-state index in [0.717, 1.165) is 39.0 Å². The molecule has 2 heteroatoms. The Balaban J connectivity index is 2.99. The summed E-state index contributed by atoms with van der Waals surface area (Å²) in [7, 11) is 0. The fraction of sp³-hybridized carbons (Fsp3) is 0.467. The van der Waals surface area contributed by atoms with Crippen LogP contribution in [0.25, 0.3) is 0 Å². The number of rotatable bonds is 8. The summed E-state index contributed by atoms with van der Waals surface area (Å²) in [5.74, 6) is 0. The minimum Gasteiger partial charge on any atom is -0.280 e. The Hall–Kier alpha value is -1.12. The Bertz CT molecular complexity index is 263. The third-order valence-corrected chi connectivity index (χ3v) is 3.46. The van der Waals surface area contributed by atoms with Crippen LogP contribution in [0, 0.1) is 0 Å². The van der Waals surface area contributed by atoms with Crippen LogP contribution in [0.3, 0.4) is 0 Å². The first kappa shape index (κ1) is 13.9. The normalized spacial score (nSPS) is 20.0. The van der Waals surface area contributed by atoms with Gasteiger partial charge >= 0.3 is 0 Å². The molecular weight excluding hydrogens is 208 g/mol. The third-order valence-electron chi connectivity index (χ3n) is 3.46. The van der Waals surface area contributed by atoms with Crippen molar-refractivity contribution in [1.29, 1.82) is 0 Å². The Kier molecular flexibility index (Phi) is 5.39. The van der Waals surface area contributed by atoms with Gasteiger partial charge < -0.3 is 0 Å². The summed E-state index contributed by atoms with van der Waals surface area (Å²) in [5.41, 5.74) is 0.0197. The third kappa shape index (κ3) is 2.76. The van der Waals surface area contributed by atoms with Crippen LogP contribution in [0.1, 0.15) is 12.8 Å². The van der Waals surface area contributed by atoms with Crippen LogP contribution < -0.4 is 0 Å². The molecule has 2 nitrogen and oxygen atoms in total. The molecule has 0 unspecified atom stereocenters. The maximum atomic E-state index is 3.90. The highest BCUT2D eigenvalue weighted by Gasteiger charge is 2.43. The van der Waals surface area contributed by atoms with E-state index < -0.39 is 0 Å². The lowest BCUT2D eigenvalue weighted by atomic mass is 9.98. The summed E-state index contributed by atoms with van der Waals surface area (Å²) in [5, 5.41) is 0. The number of hydrogen-bond donors (Lipinski definition) is 0. The van der Waals surface area contributed by atoms with Crippen LogP contribution in [-0.4, -0.2) is 41.6 Å². The second-order valence-electron chi connectivity index (χ2n) is 4.44. The topological polar surface area (TPSA) is 6.48 Å². The average Bonchev–Trinajstić information content (AvgIpc) is 2.61. The maximum Gasteiger partial charge on any atom is 0.0814 e. The summed E-state index contributed by atoms with van der Waals surface area (Å²) in [6, 6.07) is 0. The van der Waals surface area contributed by atoms with Crippen LogP contribution >= 0.6 is 0 Å². The molecule has 1 fully saturated rings. The Morgan fingerprint density at radius 2 is 1.18 bits per heavy atom. The summed E-state index contributed by atoms with van der Waals surface area (Å²) in [6.45, 7) is 19.5. The first-order valence-corrected chi connectivity index (χ1v) is 6.19. The highest BCUT2D eigenvalue weighted by Crippen LogP contribution is 2.34. The second-order valence-corrected chi connectivity index (χ2v) is 4.44. The fourth-order valence-corrected chi connectivity index (χ4v) is 2.75. The van der Waals surface area contributed by atoms with Crippen molar-refractivity contribution in [2.24, 2.45) is 0 Å². The molecule has 0 amide bonds. The molecule has 1 heterocycles. The molecule has 0 radical (unpaired) electrons. The van der Waals surface area contributed by atoms with Crippen molar-refractivity contribution in [3.05, 3.63) is 50.6 Å². The van der Waals surface area contributed by atoms with Crippen molar-refractivity contribution in [1.82, 2.24) is 9.80 Å².